The summed E-state index contributed by atoms with van der Waals surface area (Å²) >= 11 is 0. The summed E-state index contributed by atoms with van der Waals surface area (Å²) in [6, 6.07) is 4.88. The third-order valence-electron chi connectivity index (χ3n) is 4.27. The molecule has 1 aliphatic rings. The Morgan fingerprint density at radius 2 is 2.12 bits per heavy atom. The number of hydrogen-bond acceptors (Lipinski definition) is 2. The van der Waals surface area contributed by atoms with Crippen LogP contribution in [0.25, 0.3) is 11.8 Å². The molecule has 4 heteroatoms. The van der Waals surface area contributed by atoms with Gasteiger partial charge >= 0.3 is 0 Å². The Kier molecular flexibility index (Phi) is 5.32. The number of benzene rings is 1. The van der Waals surface area contributed by atoms with Crippen LogP contribution in [0.5, 0.6) is 0 Å². The molecule has 1 heterocycles. The van der Waals surface area contributed by atoms with E-state index in [4.69, 9.17) is 0 Å². The van der Waals surface area contributed by atoms with Crippen molar-refractivity contribution in [3.05, 3.63) is 94.4 Å². The molecular weight excluding hydrogens is 327 g/mol. The summed E-state index contributed by atoms with van der Waals surface area (Å²) in [6.45, 7) is 6.08. The molecule has 0 atom stereocenters. The van der Waals surface area contributed by atoms with Crippen molar-refractivity contribution in [3.63, 3.8) is 0 Å². The van der Waals surface area contributed by atoms with E-state index in [1.54, 1.807) is 25.3 Å². The monoisotopic (exact) mass is 348 g/mol. The molecule has 2 aromatic rings. The molecule has 0 saturated heterocycles. The maximum atomic E-state index is 14.5. The Hall–Kier alpha value is -3.14. The third-order valence-corrected chi connectivity index (χ3v) is 4.27. The lowest BCUT2D eigenvalue weighted by Gasteiger charge is -2.08. The van der Waals surface area contributed by atoms with Gasteiger partial charge in [0.25, 0.3) is 0 Å². The van der Waals surface area contributed by atoms with Gasteiger partial charge in [0, 0.05) is 29.0 Å². The first-order valence-corrected chi connectivity index (χ1v) is 8.55. The molecule has 26 heavy (non-hydrogen) atoms. The molecule has 3 rings (SSSR count). The lowest BCUT2D eigenvalue weighted by Crippen LogP contribution is -2.34. The van der Waals surface area contributed by atoms with Crippen molar-refractivity contribution < 1.29 is 9.18 Å². The number of allylic oxidation sites excluding steroid dienone is 3. The highest BCUT2D eigenvalue weighted by molar-refractivity contribution is 6.09. The fourth-order valence-electron chi connectivity index (χ4n) is 2.92. The first-order chi connectivity index (χ1) is 12.6. The number of halogens is 1. The average Bonchev–Trinajstić information content (AvgIpc) is 3.02. The van der Waals surface area contributed by atoms with Crippen LogP contribution in [0.1, 0.15) is 27.9 Å². The largest absolute Gasteiger partial charge is 0.384 e. The van der Waals surface area contributed by atoms with Crippen LogP contribution in [0.2, 0.25) is 0 Å². The van der Waals surface area contributed by atoms with Crippen molar-refractivity contribution in [2.75, 3.05) is 6.54 Å². The molecule has 0 spiro atoms. The van der Waals surface area contributed by atoms with E-state index < -0.39 is 5.82 Å². The van der Waals surface area contributed by atoms with Crippen LogP contribution >= 0.6 is 0 Å². The average molecular weight is 348 g/mol. The van der Waals surface area contributed by atoms with Gasteiger partial charge in [0.05, 0.1) is 11.1 Å². The molecule has 0 radical (unpaired) electrons. The minimum Gasteiger partial charge on any atom is -0.384 e. The Labute approximate surface area is 152 Å². The molecule has 3 nitrogen and oxygen atoms in total. The molecule has 1 aromatic heterocycles. The highest BCUT2D eigenvalue weighted by Crippen LogP contribution is 2.15. The zero-order valence-corrected chi connectivity index (χ0v) is 14.7. The van der Waals surface area contributed by atoms with Gasteiger partial charge in [-0.15, -0.1) is 6.58 Å². The lowest BCUT2D eigenvalue weighted by atomic mass is 10.0. The van der Waals surface area contributed by atoms with E-state index in [9.17, 15) is 9.18 Å². The van der Waals surface area contributed by atoms with Crippen LogP contribution in [-0.2, 0) is 0 Å². The van der Waals surface area contributed by atoms with Gasteiger partial charge in [0.2, 0.25) is 0 Å². The number of fused-ring (bicyclic) bond motifs is 1. The minimum absolute atomic E-state index is 0.0822. The van der Waals surface area contributed by atoms with Gasteiger partial charge in [0.1, 0.15) is 5.82 Å². The van der Waals surface area contributed by atoms with E-state index in [-0.39, 0.29) is 11.3 Å². The highest BCUT2D eigenvalue weighted by atomic mass is 19.1. The molecule has 1 aromatic carbocycles. The number of nitrogens with one attached hydrogen (secondary N) is 2. The predicted octanol–water partition coefficient (Wildman–Crippen LogP) is 2.87. The summed E-state index contributed by atoms with van der Waals surface area (Å²) < 4.78 is 14.5. The summed E-state index contributed by atoms with van der Waals surface area (Å²) in [4.78, 5) is 16.2. The van der Waals surface area contributed by atoms with E-state index in [0.29, 0.717) is 17.7 Å². The molecule has 1 aliphatic carbocycles. The Morgan fingerprint density at radius 1 is 1.27 bits per heavy atom. The zero-order valence-electron chi connectivity index (χ0n) is 14.7. The zero-order chi connectivity index (χ0) is 18.5. The SMILES string of the molecule is C=CCCNC1=c2\c(C(=O)c3cccc(C)c3F)c[nH]\c2=C/C=C/C=C\1. The molecule has 0 amide bonds. The fraction of sp³-hybridized carbons (Fsp3) is 0.136. The third kappa shape index (κ3) is 3.45. The number of ketones is 1. The van der Waals surface area contributed by atoms with Gasteiger partial charge < -0.3 is 10.3 Å². The van der Waals surface area contributed by atoms with Crippen LogP contribution < -0.4 is 15.9 Å². The second-order valence-electron chi connectivity index (χ2n) is 6.09. The standard InChI is InChI=1S/C22H21FN2O/c1-3-4-13-24-18-11-6-5-7-12-19-20(18)17(14-25-19)22(26)16-10-8-9-15(2)21(16)23/h3,5-12,14,24-25H,1,4,13H2,2H3/b6-5?,7-5+,11-6-,12-7?,18-11?,19-12-,20-18+. The van der Waals surface area contributed by atoms with E-state index in [0.717, 1.165) is 22.7 Å². The number of H-pyrrole nitrogens is 1. The van der Waals surface area contributed by atoms with Crippen molar-refractivity contribution in [1.82, 2.24) is 10.3 Å². The highest BCUT2D eigenvalue weighted by Gasteiger charge is 2.19. The van der Waals surface area contributed by atoms with E-state index in [1.807, 2.05) is 36.5 Å². The number of aryl methyl sites for hydroxylation is 1. The molecule has 0 unspecified atom stereocenters. The first kappa shape index (κ1) is 17.7. The number of hydrogen-bond donors (Lipinski definition) is 2. The van der Waals surface area contributed by atoms with Gasteiger partial charge in [-0.05, 0) is 37.1 Å². The normalized spacial score (nSPS) is 18.6. The van der Waals surface area contributed by atoms with Crippen LogP contribution in [0.3, 0.4) is 0 Å². The van der Waals surface area contributed by atoms with Gasteiger partial charge in [-0.2, -0.15) is 0 Å². The topological polar surface area (TPSA) is 44.9 Å². The Morgan fingerprint density at radius 3 is 2.92 bits per heavy atom. The maximum absolute atomic E-state index is 14.5. The summed E-state index contributed by atoms with van der Waals surface area (Å²) in [5.74, 6) is -0.808. The summed E-state index contributed by atoms with van der Waals surface area (Å²) in [6.07, 6.45) is 13.8. The smallest absolute Gasteiger partial charge is 0.198 e. The predicted molar refractivity (Wildman–Crippen MR) is 104 cm³/mol. The van der Waals surface area contributed by atoms with Crippen LogP contribution in [0.4, 0.5) is 4.39 Å². The van der Waals surface area contributed by atoms with Crippen LogP contribution in [0, 0.1) is 12.7 Å². The molecule has 0 fully saturated rings. The van der Waals surface area contributed by atoms with Crippen molar-refractivity contribution in [1.29, 1.82) is 0 Å². The van der Waals surface area contributed by atoms with Crippen LogP contribution in [0.15, 0.2) is 61.4 Å². The molecule has 2 N–H and O–H groups in total. The molecule has 0 aliphatic heterocycles. The van der Waals surface area contributed by atoms with Crippen molar-refractivity contribution in [2.45, 2.75) is 13.3 Å². The number of rotatable bonds is 6. The van der Waals surface area contributed by atoms with Gasteiger partial charge in [-0.3, -0.25) is 4.79 Å². The van der Waals surface area contributed by atoms with E-state index >= 15 is 0 Å². The fourth-order valence-corrected chi connectivity index (χ4v) is 2.92. The number of aromatic amines is 1. The van der Waals surface area contributed by atoms with Gasteiger partial charge in [0.15, 0.2) is 5.78 Å². The number of carbonyl (C=O) groups excluding carboxylic acids is 1. The van der Waals surface area contributed by atoms with E-state index in [2.05, 4.69) is 16.9 Å². The Balaban J connectivity index is 2.18. The maximum Gasteiger partial charge on any atom is 0.198 e. The van der Waals surface area contributed by atoms with E-state index in [1.165, 1.54) is 6.07 Å². The van der Waals surface area contributed by atoms with Crippen molar-refractivity contribution >= 4 is 17.6 Å². The molecule has 0 saturated carbocycles. The Bertz CT molecular complexity index is 1020. The molecule has 132 valence electrons. The van der Waals surface area contributed by atoms with Crippen LogP contribution in [-0.4, -0.2) is 17.3 Å². The minimum atomic E-state index is -0.473. The summed E-state index contributed by atoms with van der Waals surface area (Å²) in [5.41, 5.74) is 1.80. The number of carbonyl (C=O) groups is 1. The molecule has 0 bridgehead atoms. The first-order valence-electron chi connectivity index (χ1n) is 8.55. The lowest BCUT2D eigenvalue weighted by molar-refractivity contribution is 0.103. The van der Waals surface area contributed by atoms with Crippen molar-refractivity contribution in [2.24, 2.45) is 0 Å². The second kappa shape index (κ2) is 7.83. The summed E-state index contributed by atoms with van der Waals surface area (Å²) in [7, 11) is 0. The van der Waals surface area contributed by atoms with Crippen molar-refractivity contribution in [3.8, 4) is 0 Å². The number of aromatic nitrogens is 1. The van der Waals surface area contributed by atoms with Gasteiger partial charge in [-0.1, -0.05) is 36.4 Å². The molecular formula is C22H21FN2O. The van der Waals surface area contributed by atoms with Gasteiger partial charge in [-0.25, -0.2) is 4.39 Å². The summed E-state index contributed by atoms with van der Waals surface area (Å²) in [5, 5.41) is 4.90. The quantitative estimate of drug-likeness (QED) is 0.479. The second-order valence-corrected chi connectivity index (χ2v) is 6.09.